The van der Waals surface area contributed by atoms with Crippen LogP contribution in [-0.2, 0) is 16.3 Å². The van der Waals surface area contributed by atoms with Gasteiger partial charge in [-0.2, -0.15) is 8.78 Å². The number of hydrogen-bond donors (Lipinski definition) is 1. The van der Waals surface area contributed by atoms with E-state index >= 15 is 0 Å². The molecule has 6 heteroatoms. The van der Waals surface area contributed by atoms with E-state index in [0.29, 0.717) is 12.3 Å². The molecule has 0 aliphatic heterocycles. The maximum Gasteiger partial charge on any atom is 0.341 e. The van der Waals surface area contributed by atoms with Crippen LogP contribution in [0.5, 0.6) is 0 Å². The summed E-state index contributed by atoms with van der Waals surface area (Å²) in [6.45, 7) is 3.97. The summed E-state index contributed by atoms with van der Waals surface area (Å²) < 4.78 is 47.0. The average Bonchev–Trinajstić information content (AvgIpc) is 2.29. The highest BCUT2D eigenvalue weighted by molar-refractivity contribution is 7.91. The van der Waals surface area contributed by atoms with Crippen LogP contribution in [0.2, 0.25) is 0 Å². The number of rotatable bonds is 5. The van der Waals surface area contributed by atoms with Crippen LogP contribution >= 0.6 is 0 Å². The van der Waals surface area contributed by atoms with Crippen LogP contribution in [0.15, 0.2) is 29.2 Å². The molecule has 0 aliphatic carbocycles. The smallest absolute Gasteiger partial charge is 0.327 e. The molecule has 102 valence electrons. The summed E-state index contributed by atoms with van der Waals surface area (Å²) in [5.74, 6) is -3.09. The van der Waals surface area contributed by atoms with Gasteiger partial charge in [0.05, 0.1) is 4.90 Å². The van der Waals surface area contributed by atoms with Gasteiger partial charge in [0.2, 0.25) is 9.84 Å². The standard InChI is InChI=1S/C12H17F2NO2S/c1-8(2)11(15)7-9-3-5-10(6-4-9)18(16,17)12(13)14/h3-6,8,11-12H,7,15H2,1-2H3. The fraction of sp³-hybridized carbons (Fsp3) is 0.500. The van der Waals surface area contributed by atoms with E-state index in [9.17, 15) is 17.2 Å². The van der Waals surface area contributed by atoms with E-state index in [0.717, 1.165) is 5.56 Å². The number of nitrogens with two attached hydrogens (primary N) is 1. The fourth-order valence-electron chi connectivity index (χ4n) is 1.43. The molecular weight excluding hydrogens is 260 g/mol. The van der Waals surface area contributed by atoms with Gasteiger partial charge in [-0.3, -0.25) is 0 Å². The van der Waals surface area contributed by atoms with Crippen molar-refractivity contribution in [2.45, 2.75) is 37.0 Å². The predicted molar refractivity (Wildman–Crippen MR) is 66.1 cm³/mol. The summed E-state index contributed by atoms with van der Waals surface area (Å²) in [4.78, 5) is -0.362. The van der Waals surface area contributed by atoms with E-state index < -0.39 is 15.6 Å². The third-order valence-electron chi connectivity index (χ3n) is 2.81. The summed E-state index contributed by atoms with van der Waals surface area (Å²) in [5.41, 5.74) is 6.72. The largest absolute Gasteiger partial charge is 0.341 e. The molecule has 0 spiro atoms. The first-order chi connectivity index (χ1) is 8.25. The third-order valence-corrected chi connectivity index (χ3v) is 4.21. The lowest BCUT2D eigenvalue weighted by Crippen LogP contribution is -2.28. The van der Waals surface area contributed by atoms with Gasteiger partial charge in [-0.05, 0) is 30.0 Å². The zero-order valence-corrected chi connectivity index (χ0v) is 11.1. The van der Waals surface area contributed by atoms with Crippen molar-refractivity contribution in [2.75, 3.05) is 0 Å². The molecule has 1 atom stereocenters. The Labute approximate surface area is 106 Å². The van der Waals surface area contributed by atoms with E-state index in [1.165, 1.54) is 24.3 Å². The van der Waals surface area contributed by atoms with Gasteiger partial charge in [0.1, 0.15) is 0 Å². The van der Waals surface area contributed by atoms with Gasteiger partial charge in [-0.15, -0.1) is 0 Å². The quantitative estimate of drug-likeness (QED) is 0.897. The van der Waals surface area contributed by atoms with Gasteiger partial charge in [0.25, 0.3) is 0 Å². The topological polar surface area (TPSA) is 60.2 Å². The molecule has 0 fully saturated rings. The Morgan fingerprint density at radius 3 is 2.06 bits per heavy atom. The summed E-state index contributed by atoms with van der Waals surface area (Å²) in [6.07, 6.45) is 0.590. The number of alkyl halides is 2. The molecule has 2 N–H and O–H groups in total. The maximum absolute atomic E-state index is 12.3. The lowest BCUT2D eigenvalue weighted by molar-refractivity contribution is 0.234. The second kappa shape index (κ2) is 5.75. The fourth-order valence-corrected chi connectivity index (χ4v) is 2.15. The lowest BCUT2D eigenvalue weighted by atomic mass is 9.97. The molecule has 1 unspecified atom stereocenters. The Kier molecular flexibility index (Phi) is 4.81. The molecule has 3 nitrogen and oxygen atoms in total. The highest BCUT2D eigenvalue weighted by Crippen LogP contribution is 2.19. The van der Waals surface area contributed by atoms with Gasteiger partial charge in [0.15, 0.2) is 0 Å². The summed E-state index contributed by atoms with van der Waals surface area (Å²) in [7, 11) is -4.50. The van der Waals surface area contributed by atoms with Gasteiger partial charge >= 0.3 is 5.76 Å². The first-order valence-corrected chi connectivity index (χ1v) is 7.16. The molecule has 0 saturated carbocycles. The maximum atomic E-state index is 12.3. The number of hydrogen-bond acceptors (Lipinski definition) is 3. The van der Waals surface area contributed by atoms with Gasteiger partial charge < -0.3 is 5.73 Å². The zero-order chi connectivity index (χ0) is 13.9. The van der Waals surface area contributed by atoms with Crippen LogP contribution in [0.25, 0.3) is 0 Å². The predicted octanol–water partition coefficient (Wildman–Crippen LogP) is 2.21. The molecular formula is C12H17F2NO2S. The molecule has 1 aromatic rings. The van der Waals surface area contributed by atoms with Crippen molar-refractivity contribution >= 4 is 9.84 Å². The Balaban J connectivity index is 2.88. The molecule has 1 rings (SSSR count). The minimum atomic E-state index is -4.50. The first kappa shape index (κ1) is 15.0. The molecule has 0 aliphatic rings. The van der Waals surface area contributed by atoms with E-state index in [1.54, 1.807) is 0 Å². The second-order valence-electron chi connectivity index (χ2n) is 4.56. The third kappa shape index (κ3) is 3.49. The molecule has 0 radical (unpaired) electrons. The van der Waals surface area contributed by atoms with Crippen molar-refractivity contribution in [2.24, 2.45) is 11.7 Å². The average molecular weight is 277 g/mol. The Morgan fingerprint density at radius 2 is 1.67 bits per heavy atom. The van der Waals surface area contributed by atoms with E-state index in [1.807, 2.05) is 13.8 Å². The highest BCUT2D eigenvalue weighted by Gasteiger charge is 2.26. The van der Waals surface area contributed by atoms with Gasteiger partial charge in [0, 0.05) is 6.04 Å². The van der Waals surface area contributed by atoms with E-state index in [4.69, 9.17) is 5.73 Å². The minimum Gasteiger partial charge on any atom is -0.327 e. The molecule has 0 heterocycles. The van der Waals surface area contributed by atoms with Crippen molar-refractivity contribution in [3.8, 4) is 0 Å². The number of benzene rings is 1. The minimum absolute atomic E-state index is 0.0393. The monoisotopic (exact) mass is 277 g/mol. The SMILES string of the molecule is CC(C)C(N)Cc1ccc(S(=O)(=O)C(F)F)cc1. The molecule has 0 saturated heterocycles. The normalized spacial score (nSPS) is 14.2. The molecule has 1 aromatic carbocycles. The van der Waals surface area contributed by atoms with Crippen LogP contribution in [0.4, 0.5) is 8.78 Å². The van der Waals surface area contributed by atoms with Gasteiger partial charge in [-0.1, -0.05) is 26.0 Å². The number of sulfone groups is 1. The van der Waals surface area contributed by atoms with Crippen molar-refractivity contribution in [1.29, 1.82) is 0 Å². The molecule has 18 heavy (non-hydrogen) atoms. The van der Waals surface area contributed by atoms with Crippen LogP contribution in [0.1, 0.15) is 19.4 Å². The van der Waals surface area contributed by atoms with Crippen LogP contribution in [-0.4, -0.2) is 20.2 Å². The van der Waals surface area contributed by atoms with Gasteiger partial charge in [-0.25, -0.2) is 8.42 Å². The Bertz CT molecular complexity index is 483. The van der Waals surface area contributed by atoms with Crippen molar-refractivity contribution < 1.29 is 17.2 Å². The summed E-state index contributed by atoms with van der Waals surface area (Å²) in [6, 6.07) is 5.41. The van der Waals surface area contributed by atoms with Crippen LogP contribution in [0.3, 0.4) is 0 Å². The van der Waals surface area contributed by atoms with Crippen LogP contribution in [0, 0.1) is 5.92 Å². The number of halogens is 2. The summed E-state index contributed by atoms with van der Waals surface area (Å²) in [5, 5.41) is 0. The summed E-state index contributed by atoms with van der Waals surface area (Å²) >= 11 is 0. The Morgan fingerprint density at radius 1 is 1.17 bits per heavy atom. The molecule has 0 aromatic heterocycles. The highest BCUT2D eigenvalue weighted by atomic mass is 32.2. The Hall–Kier alpha value is -1.01. The second-order valence-corrected chi connectivity index (χ2v) is 6.48. The first-order valence-electron chi connectivity index (χ1n) is 5.61. The van der Waals surface area contributed by atoms with Crippen molar-refractivity contribution in [3.05, 3.63) is 29.8 Å². The zero-order valence-electron chi connectivity index (χ0n) is 10.3. The molecule has 0 amide bonds. The van der Waals surface area contributed by atoms with Crippen LogP contribution < -0.4 is 5.73 Å². The van der Waals surface area contributed by atoms with E-state index in [-0.39, 0.29) is 10.9 Å². The lowest BCUT2D eigenvalue weighted by Gasteiger charge is -2.15. The molecule has 0 bridgehead atoms. The van der Waals surface area contributed by atoms with Crippen molar-refractivity contribution in [3.63, 3.8) is 0 Å². The van der Waals surface area contributed by atoms with E-state index in [2.05, 4.69) is 0 Å². The van der Waals surface area contributed by atoms with Crippen molar-refractivity contribution in [1.82, 2.24) is 0 Å².